The Kier molecular flexibility index (Phi) is 5.67. The van der Waals surface area contributed by atoms with E-state index < -0.39 is 12.3 Å². The quantitative estimate of drug-likeness (QED) is 0.772. The molecule has 1 saturated heterocycles. The first kappa shape index (κ1) is 19.5. The van der Waals surface area contributed by atoms with Gasteiger partial charge >= 0.3 is 6.36 Å². The fourth-order valence-corrected chi connectivity index (χ4v) is 2.84. The standard InChI is InChI=1S/C20H17F3N2O3/c21-20(22,23)28-15-10-7-14(8-11-15)9-12-18(26)24-16-4-1-2-5-17(16)25-13-3-6-19(25)27/h1-2,4-5,7-12H,3,6,13H2,(H,24,26)/b12-9+. The molecule has 0 unspecified atom stereocenters. The summed E-state index contributed by atoms with van der Waals surface area (Å²) < 4.78 is 40.3. The summed E-state index contributed by atoms with van der Waals surface area (Å²) in [5.41, 5.74) is 1.69. The van der Waals surface area contributed by atoms with Crippen LogP contribution < -0.4 is 15.0 Å². The second kappa shape index (κ2) is 8.16. The van der Waals surface area contributed by atoms with Gasteiger partial charge in [0, 0.05) is 19.0 Å². The molecule has 1 aliphatic heterocycles. The zero-order chi connectivity index (χ0) is 20.1. The van der Waals surface area contributed by atoms with Crippen LogP contribution in [0.1, 0.15) is 18.4 Å². The Balaban J connectivity index is 1.65. The predicted octanol–water partition coefficient (Wildman–Crippen LogP) is 4.36. The van der Waals surface area contributed by atoms with Gasteiger partial charge < -0.3 is 15.0 Å². The summed E-state index contributed by atoms with van der Waals surface area (Å²) in [6, 6.07) is 12.2. The number of hydrogen-bond acceptors (Lipinski definition) is 3. The Morgan fingerprint density at radius 3 is 2.46 bits per heavy atom. The molecule has 3 rings (SSSR count). The van der Waals surface area contributed by atoms with Crippen LogP contribution in [0.15, 0.2) is 54.6 Å². The molecule has 0 aromatic heterocycles. The van der Waals surface area contributed by atoms with E-state index in [1.807, 2.05) is 0 Å². The molecule has 1 heterocycles. The van der Waals surface area contributed by atoms with Crippen LogP contribution in [0.2, 0.25) is 0 Å². The Morgan fingerprint density at radius 1 is 1.11 bits per heavy atom. The van der Waals surface area contributed by atoms with Gasteiger partial charge in [0.1, 0.15) is 5.75 Å². The van der Waals surface area contributed by atoms with Gasteiger partial charge in [-0.05, 0) is 42.3 Å². The largest absolute Gasteiger partial charge is 0.573 e. The minimum atomic E-state index is -4.75. The molecule has 0 aliphatic carbocycles. The van der Waals surface area contributed by atoms with Gasteiger partial charge in [-0.2, -0.15) is 0 Å². The van der Waals surface area contributed by atoms with Crippen LogP contribution >= 0.6 is 0 Å². The number of nitrogens with one attached hydrogen (secondary N) is 1. The lowest BCUT2D eigenvalue weighted by atomic mass is 10.2. The van der Waals surface area contributed by atoms with Gasteiger partial charge in [-0.1, -0.05) is 24.3 Å². The van der Waals surface area contributed by atoms with E-state index >= 15 is 0 Å². The van der Waals surface area contributed by atoms with Crippen molar-refractivity contribution in [1.29, 1.82) is 0 Å². The van der Waals surface area contributed by atoms with E-state index in [0.29, 0.717) is 29.9 Å². The smallest absolute Gasteiger partial charge is 0.406 e. The van der Waals surface area contributed by atoms with Crippen LogP contribution in [0, 0.1) is 0 Å². The van der Waals surface area contributed by atoms with Crippen molar-refractivity contribution in [2.45, 2.75) is 19.2 Å². The molecule has 0 atom stereocenters. The average molecular weight is 390 g/mol. The number of alkyl halides is 3. The van der Waals surface area contributed by atoms with E-state index in [9.17, 15) is 22.8 Å². The Bertz CT molecular complexity index is 892. The Morgan fingerprint density at radius 2 is 1.82 bits per heavy atom. The molecule has 1 aliphatic rings. The lowest BCUT2D eigenvalue weighted by molar-refractivity contribution is -0.274. The summed E-state index contributed by atoms with van der Waals surface area (Å²) in [4.78, 5) is 25.8. The number of amides is 2. The van der Waals surface area contributed by atoms with E-state index in [4.69, 9.17) is 0 Å². The van der Waals surface area contributed by atoms with E-state index in [0.717, 1.165) is 6.42 Å². The molecule has 28 heavy (non-hydrogen) atoms. The summed E-state index contributed by atoms with van der Waals surface area (Å²) in [5.74, 6) is -0.744. The zero-order valence-corrected chi connectivity index (χ0v) is 14.7. The number of para-hydroxylation sites is 2. The molecule has 146 valence electrons. The van der Waals surface area contributed by atoms with Crippen molar-refractivity contribution in [1.82, 2.24) is 0 Å². The zero-order valence-electron chi connectivity index (χ0n) is 14.7. The minimum absolute atomic E-state index is 0.0124. The molecular formula is C20H17F3N2O3. The fourth-order valence-electron chi connectivity index (χ4n) is 2.84. The molecule has 1 N–H and O–H groups in total. The molecule has 5 nitrogen and oxygen atoms in total. The van der Waals surface area contributed by atoms with Gasteiger partial charge in [-0.15, -0.1) is 13.2 Å². The maximum atomic E-state index is 12.2. The van der Waals surface area contributed by atoms with Crippen LogP contribution in [0.4, 0.5) is 24.5 Å². The Labute approximate surface area is 159 Å². The maximum absolute atomic E-state index is 12.2. The van der Waals surface area contributed by atoms with Crippen molar-refractivity contribution >= 4 is 29.3 Å². The van der Waals surface area contributed by atoms with E-state index in [2.05, 4.69) is 10.1 Å². The maximum Gasteiger partial charge on any atom is 0.573 e. The number of ether oxygens (including phenoxy) is 1. The van der Waals surface area contributed by atoms with Gasteiger partial charge in [0.05, 0.1) is 11.4 Å². The van der Waals surface area contributed by atoms with Crippen LogP contribution in [0.3, 0.4) is 0 Å². The third kappa shape index (κ3) is 5.12. The summed E-state index contributed by atoms with van der Waals surface area (Å²) in [5, 5.41) is 2.73. The van der Waals surface area contributed by atoms with Gasteiger partial charge in [0.2, 0.25) is 11.8 Å². The molecule has 8 heteroatoms. The highest BCUT2D eigenvalue weighted by molar-refractivity contribution is 6.06. The molecule has 1 fully saturated rings. The molecular weight excluding hydrogens is 373 g/mol. The lowest BCUT2D eigenvalue weighted by Crippen LogP contribution is -2.25. The summed E-state index contributed by atoms with van der Waals surface area (Å²) in [6.07, 6.45) is -0.759. The normalized spacial score (nSPS) is 14.5. The van der Waals surface area contributed by atoms with Crippen molar-refractivity contribution in [3.8, 4) is 5.75 Å². The third-order valence-corrected chi connectivity index (χ3v) is 4.07. The van der Waals surface area contributed by atoms with E-state index in [-0.39, 0.29) is 11.7 Å². The van der Waals surface area contributed by atoms with Crippen LogP contribution in [-0.2, 0) is 9.59 Å². The van der Waals surface area contributed by atoms with Gasteiger partial charge in [0.25, 0.3) is 0 Å². The first-order chi connectivity index (χ1) is 13.3. The van der Waals surface area contributed by atoms with Crippen LogP contribution in [0.5, 0.6) is 5.75 Å². The molecule has 0 radical (unpaired) electrons. The van der Waals surface area contributed by atoms with Gasteiger partial charge in [-0.3, -0.25) is 9.59 Å². The monoisotopic (exact) mass is 390 g/mol. The Hall–Kier alpha value is -3.29. The average Bonchev–Trinajstić information content (AvgIpc) is 3.06. The van der Waals surface area contributed by atoms with Crippen molar-refractivity contribution in [2.24, 2.45) is 0 Å². The molecule has 0 bridgehead atoms. The number of nitrogens with zero attached hydrogens (tertiary/aromatic N) is 1. The van der Waals surface area contributed by atoms with Gasteiger partial charge in [-0.25, -0.2) is 0 Å². The number of anilines is 2. The second-order valence-corrected chi connectivity index (χ2v) is 6.11. The predicted molar refractivity (Wildman–Crippen MR) is 98.8 cm³/mol. The summed E-state index contributed by atoms with van der Waals surface area (Å²) in [7, 11) is 0. The first-order valence-corrected chi connectivity index (χ1v) is 8.56. The van der Waals surface area contributed by atoms with Gasteiger partial charge in [0.15, 0.2) is 0 Å². The highest BCUT2D eigenvalue weighted by atomic mass is 19.4. The van der Waals surface area contributed by atoms with Crippen LogP contribution in [0.25, 0.3) is 6.08 Å². The first-order valence-electron chi connectivity index (χ1n) is 8.56. The minimum Gasteiger partial charge on any atom is -0.406 e. The number of benzene rings is 2. The van der Waals surface area contributed by atoms with Crippen molar-refractivity contribution in [2.75, 3.05) is 16.8 Å². The molecule has 2 amide bonds. The summed E-state index contributed by atoms with van der Waals surface area (Å²) in [6.45, 7) is 0.605. The molecule has 0 saturated carbocycles. The lowest BCUT2D eigenvalue weighted by Gasteiger charge is -2.19. The molecule has 2 aromatic carbocycles. The number of carbonyl (C=O) groups is 2. The van der Waals surface area contributed by atoms with E-state index in [1.54, 1.807) is 29.2 Å². The summed E-state index contributed by atoms with van der Waals surface area (Å²) >= 11 is 0. The third-order valence-electron chi connectivity index (χ3n) is 4.07. The molecule has 0 spiro atoms. The highest BCUT2D eigenvalue weighted by Crippen LogP contribution is 2.29. The number of carbonyl (C=O) groups excluding carboxylic acids is 2. The van der Waals surface area contributed by atoms with Crippen molar-refractivity contribution < 1.29 is 27.5 Å². The fraction of sp³-hybridized carbons (Fsp3) is 0.200. The van der Waals surface area contributed by atoms with Crippen LogP contribution in [-0.4, -0.2) is 24.7 Å². The number of rotatable bonds is 5. The molecule has 2 aromatic rings. The number of hydrogen-bond donors (Lipinski definition) is 1. The van der Waals surface area contributed by atoms with Crippen molar-refractivity contribution in [3.63, 3.8) is 0 Å². The SMILES string of the molecule is O=C(/C=C/c1ccc(OC(F)(F)F)cc1)Nc1ccccc1N1CCCC1=O. The number of halogens is 3. The highest BCUT2D eigenvalue weighted by Gasteiger charge is 2.30. The topological polar surface area (TPSA) is 58.6 Å². The van der Waals surface area contributed by atoms with Crippen molar-refractivity contribution in [3.05, 3.63) is 60.2 Å². The van der Waals surface area contributed by atoms with E-state index in [1.165, 1.54) is 36.4 Å². The second-order valence-electron chi connectivity index (χ2n) is 6.11.